The third kappa shape index (κ3) is 4.62. The zero-order valence-corrected chi connectivity index (χ0v) is 14.6. The number of benzene rings is 1. The molecule has 0 radical (unpaired) electrons. The Labute approximate surface area is 153 Å². The number of amides is 1. The van der Waals surface area contributed by atoms with E-state index in [4.69, 9.17) is 0 Å². The highest BCUT2D eigenvalue weighted by Gasteiger charge is 2.37. The highest BCUT2D eigenvalue weighted by atomic mass is 19.4. The summed E-state index contributed by atoms with van der Waals surface area (Å²) in [5, 5.41) is 21.6. The van der Waals surface area contributed by atoms with Crippen LogP contribution >= 0.6 is 0 Å². The Morgan fingerprint density at radius 3 is 2.63 bits per heavy atom. The van der Waals surface area contributed by atoms with E-state index in [2.05, 4.69) is 15.5 Å². The van der Waals surface area contributed by atoms with Crippen LogP contribution in [0.3, 0.4) is 0 Å². The molecule has 7 nitrogen and oxygen atoms in total. The molecule has 1 aromatic heterocycles. The molecular weight excluding hydrogens is 363 g/mol. The number of aryl methyl sites for hydroxylation is 1. The molecule has 27 heavy (non-hydrogen) atoms. The molecule has 0 unspecified atom stereocenters. The highest BCUT2D eigenvalue weighted by molar-refractivity contribution is 5.76. The van der Waals surface area contributed by atoms with Crippen molar-refractivity contribution in [3.05, 3.63) is 41.7 Å². The van der Waals surface area contributed by atoms with Gasteiger partial charge in [0.15, 0.2) is 0 Å². The number of aliphatic hydroxyl groups is 1. The zero-order chi connectivity index (χ0) is 19.5. The lowest BCUT2D eigenvalue weighted by Gasteiger charge is -2.38. The van der Waals surface area contributed by atoms with E-state index in [1.165, 1.54) is 23.1 Å². The van der Waals surface area contributed by atoms with Crippen LogP contribution in [-0.4, -0.2) is 49.2 Å². The molecule has 1 saturated heterocycles. The first-order valence-corrected chi connectivity index (χ1v) is 8.67. The number of halogens is 3. The van der Waals surface area contributed by atoms with Gasteiger partial charge < -0.3 is 10.0 Å². The van der Waals surface area contributed by atoms with Crippen LogP contribution in [0.4, 0.5) is 13.2 Å². The van der Waals surface area contributed by atoms with E-state index in [9.17, 15) is 23.1 Å². The number of rotatable bonds is 5. The predicted molar refractivity (Wildman–Crippen MR) is 88.2 cm³/mol. The minimum absolute atomic E-state index is 0.0471. The number of carbonyl (C=O) groups excluding carboxylic acids is 1. The smallest absolute Gasteiger partial charge is 0.385 e. The van der Waals surface area contributed by atoms with E-state index in [0.29, 0.717) is 32.5 Å². The van der Waals surface area contributed by atoms with Crippen molar-refractivity contribution in [3.8, 4) is 0 Å². The van der Waals surface area contributed by atoms with Crippen molar-refractivity contribution in [2.75, 3.05) is 13.1 Å². The van der Waals surface area contributed by atoms with Crippen molar-refractivity contribution in [2.45, 2.75) is 44.0 Å². The van der Waals surface area contributed by atoms with Gasteiger partial charge in [-0.25, -0.2) is 4.68 Å². The largest absolute Gasteiger partial charge is 0.416 e. The first-order chi connectivity index (χ1) is 12.8. The first-order valence-electron chi connectivity index (χ1n) is 8.67. The SMILES string of the molecule is O=C(CCCn1cnnn1)N1CCC(O)(c2cccc(C(F)(F)F)c2)CC1. The van der Waals surface area contributed by atoms with Gasteiger partial charge in [-0.15, -0.1) is 5.10 Å². The summed E-state index contributed by atoms with van der Waals surface area (Å²) in [5.74, 6) is -0.0471. The van der Waals surface area contributed by atoms with E-state index in [0.717, 1.165) is 12.1 Å². The summed E-state index contributed by atoms with van der Waals surface area (Å²) < 4.78 is 40.2. The summed E-state index contributed by atoms with van der Waals surface area (Å²) in [6.45, 7) is 1.13. The van der Waals surface area contributed by atoms with Gasteiger partial charge in [-0.2, -0.15) is 13.2 Å². The number of piperidine rings is 1. The number of nitrogens with zero attached hydrogens (tertiary/aromatic N) is 5. The molecule has 1 N–H and O–H groups in total. The Kier molecular flexibility index (Phi) is 5.45. The number of aromatic nitrogens is 4. The Hall–Kier alpha value is -2.49. The van der Waals surface area contributed by atoms with Crippen LogP contribution in [0.5, 0.6) is 0 Å². The van der Waals surface area contributed by atoms with Crippen molar-refractivity contribution in [2.24, 2.45) is 0 Å². The molecule has 3 rings (SSSR count). The lowest BCUT2D eigenvalue weighted by atomic mass is 9.83. The van der Waals surface area contributed by atoms with Gasteiger partial charge in [0, 0.05) is 26.1 Å². The quantitative estimate of drug-likeness (QED) is 0.854. The monoisotopic (exact) mass is 383 g/mol. The van der Waals surface area contributed by atoms with Gasteiger partial charge in [0.05, 0.1) is 11.2 Å². The van der Waals surface area contributed by atoms with Gasteiger partial charge in [0.1, 0.15) is 6.33 Å². The topological polar surface area (TPSA) is 84.1 Å². The molecule has 2 heterocycles. The van der Waals surface area contributed by atoms with Gasteiger partial charge in [-0.3, -0.25) is 4.79 Å². The predicted octanol–water partition coefficient (Wildman–Crippen LogP) is 1.98. The lowest BCUT2D eigenvalue weighted by Crippen LogP contribution is -2.45. The molecule has 0 atom stereocenters. The first kappa shape index (κ1) is 19.3. The van der Waals surface area contributed by atoms with Crippen LogP contribution in [0, 0.1) is 0 Å². The van der Waals surface area contributed by atoms with Crippen LogP contribution in [0.2, 0.25) is 0 Å². The number of tetrazole rings is 1. The van der Waals surface area contributed by atoms with Crippen molar-refractivity contribution >= 4 is 5.91 Å². The fraction of sp³-hybridized carbons (Fsp3) is 0.529. The molecule has 2 aromatic rings. The maximum Gasteiger partial charge on any atom is 0.416 e. The number of carbonyl (C=O) groups is 1. The number of hydrogen-bond donors (Lipinski definition) is 1. The Balaban J connectivity index is 1.55. The molecule has 0 bridgehead atoms. The fourth-order valence-corrected chi connectivity index (χ4v) is 3.23. The molecule has 1 aromatic carbocycles. The van der Waals surface area contributed by atoms with Crippen LogP contribution in [-0.2, 0) is 23.1 Å². The molecule has 10 heteroatoms. The van der Waals surface area contributed by atoms with Crippen LogP contribution in [0.15, 0.2) is 30.6 Å². The van der Waals surface area contributed by atoms with E-state index in [1.807, 2.05) is 0 Å². The Bertz CT molecular complexity index is 771. The normalized spacial score (nSPS) is 17.1. The second kappa shape index (κ2) is 7.63. The molecule has 0 saturated carbocycles. The molecule has 1 aliphatic rings. The maximum absolute atomic E-state index is 12.9. The van der Waals surface area contributed by atoms with Crippen LogP contribution in [0.25, 0.3) is 0 Å². The summed E-state index contributed by atoms with van der Waals surface area (Å²) in [6, 6.07) is 4.77. The fourth-order valence-electron chi connectivity index (χ4n) is 3.23. The standard InChI is InChI=1S/C17H20F3N5O2/c18-17(19,20)14-4-1-3-13(11-14)16(27)6-9-24(10-7-16)15(26)5-2-8-25-12-21-22-23-25/h1,3-4,11-12,27H,2,5-10H2. The molecule has 146 valence electrons. The summed E-state index contributed by atoms with van der Waals surface area (Å²) in [7, 11) is 0. The summed E-state index contributed by atoms with van der Waals surface area (Å²) in [6.07, 6.45) is -1.68. The molecule has 1 fully saturated rings. The third-order valence-electron chi connectivity index (χ3n) is 4.84. The van der Waals surface area contributed by atoms with Crippen molar-refractivity contribution in [1.29, 1.82) is 0 Å². The minimum atomic E-state index is -4.46. The van der Waals surface area contributed by atoms with Gasteiger partial charge in [0.2, 0.25) is 5.91 Å². The van der Waals surface area contributed by atoms with Crippen molar-refractivity contribution in [3.63, 3.8) is 0 Å². The summed E-state index contributed by atoms with van der Waals surface area (Å²) in [4.78, 5) is 13.9. The number of alkyl halides is 3. The van der Waals surface area contributed by atoms with Crippen molar-refractivity contribution in [1.82, 2.24) is 25.1 Å². The van der Waals surface area contributed by atoms with E-state index < -0.39 is 17.3 Å². The van der Waals surface area contributed by atoms with Crippen LogP contribution in [0.1, 0.15) is 36.8 Å². The van der Waals surface area contributed by atoms with E-state index >= 15 is 0 Å². The van der Waals surface area contributed by atoms with Gasteiger partial charge >= 0.3 is 6.18 Å². The molecule has 1 amide bonds. The van der Waals surface area contributed by atoms with Crippen molar-refractivity contribution < 1.29 is 23.1 Å². The van der Waals surface area contributed by atoms with Gasteiger partial charge in [-0.1, -0.05) is 12.1 Å². The average molecular weight is 383 g/mol. The second-order valence-corrected chi connectivity index (χ2v) is 6.67. The second-order valence-electron chi connectivity index (χ2n) is 6.67. The van der Waals surface area contributed by atoms with Crippen LogP contribution < -0.4 is 0 Å². The van der Waals surface area contributed by atoms with Gasteiger partial charge in [-0.05, 0) is 47.4 Å². The minimum Gasteiger partial charge on any atom is -0.385 e. The lowest BCUT2D eigenvalue weighted by molar-refractivity contribution is -0.137. The van der Waals surface area contributed by atoms with Gasteiger partial charge in [0.25, 0.3) is 0 Å². The highest BCUT2D eigenvalue weighted by Crippen LogP contribution is 2.36. The Morgan fingerprint density at radius 1 is 1.26 bits per heavy atom. The average Bonchev–Trinajstić information content (AvgIpc) is 3.15. The molecule has 0 spiro atoms. The Morgan fingerprint density at radius 2 is 2.00 bits per heavy atom. The molecular formula is C17H20F3N5O2. The zero-order valence-electron chi connectivity index (χ0n) is 14.6. The van der Waals surface area contributed by atoms with E-state index in [1.54, 1.807) is 4.90 Å². The molecule has 1 aliphatic heterocycles. The summed E-state index contributed by atoms with van der Waals surface area (Å²) in [5.41, 5.74) is -1.90. The summed E-state index contributed by atoms with van der Waals surface area (Å²) >= 11 is 0. The number of hydrogen-bond acceptors (Lipinski definition) is 5. The third-order valence-corrected chi connectivity index (χ3v) is 4.84. The van der Waals surface area contributed by atoms with E-state index in [-0.39, 0.29) is 24.3 Å². The maximum atomic E-state index is 12.9. The molecule has 0 aliphatic carbocycles. The number of likely N-dealkylation sites (tertiary alicyclic amines) is 1.